The summed E-state index contributed by atoms with van der Waals surface area (Å²) >= 11 is 1.42. The lowest BCUT2D eigenvalue weighted by Gasteiger charge is -2.23. The molecule has 1 aliphatic heterocycles. The first-order valence-electron chi connectivity index (χ1n) is 7.10. The summed E-state index contributed by atoms with van der Waals surface area (Å²) in [5.41, 5.74) is 0.416. The Balaban J connectivity index is 1.92. The predicted octanol–water partition coefficient (Wildman–Crippen LogP) is 1.21. The molecule has 23 heavy (non-hydrogen) atoms. The zero-order chi connectivity index (χ0) is 17.0. The molecule has 0 saturated carbocycles. The third-order valence-electron chi connectivity index (χ3n) is 3.80. The minimum absolute atomic E-state index is 0.0293. The number of ether oxygens (including phenoxy) is 1. The van der Waals surface area contributed by atoms with Crippen molar-refractivity contribution in [1.82, 2.24) is 4.90 Å². The molecule has 6 nitrogen and oxygen atoms in total. The molecule has 0 bridgehead atoms. The van der Waals surface area contributed by atoms with Crippen molar-refractivity contribution >= 4 is 33.5 Å². The van der Waals surface area contributed by atoms with Gasteiger partial charge in [0.05, 0.1) is 17.1 Å². The number of nitrogens with zero attached hydrogens (tertiary/aromatic N) is 1. The molecule has 1 heterocycles. The average molecular weight is 357 g/mol. The van der Waals surface area contributed by atoms with E-state index in [4.69, 9.17) is 4.74 Å². The highest BCUT2D eigenvalue weighted by molar-refractivity contribution is 7.98. The minimum atomic E-state index is -3.06. The second-order valence-corrected chi connectivity index (χ2v) is 8.41. The number of thioether (sulfide) groups is 1. The lowest BCUT2D eigenvalue weighted by Crippen LogP contribution is -2.40. The van der Waals surface area contributed by atoms with E-state index in [1.165, 1.54) is 23.7 Å². The zero-order valence-corrected chi connectivity index (χ0v) is 14.7. The number of amides is 1. The fourth-order valence-corrected chi connectivity index (χ4v) is 4.76. The van der Waals surface area contributed by atoms with E-state index in [1.54, 1.807) is 18.2 Å². The van der Waals surface area contributed by atoms with Crippen LogP contribution in [-0.4, -0.2) is 62.7 Å². The molecule has 0 N–H and O–H groups in total. The van der Waals surface area contributed by atoms with Crippen LogP contribution in [0.5, 0.6) is 0 Å². The molecule has 1 aromatic carbocycles. The van der Waals surface area contributed by atoms with E-state index < -0.39 is 28.3 Å². The molecule has 0 spiro atoms. The van der Waals surface area contributed by atoms with Crippen LogP contribution in [0.15, 0.2) is 29.2 Å². The van der Waals surface area contributed by atoms with E-state index in [9.17, 15) is 18.0 Å². The Labute approximate surface area is 140 Å². The van der Waals surface area contributed by atoms with Crippen molar-refractivity contribution < 1.29 is 22.7 Å². The number of hydrogen-bond donors (Lipinski definition) is 0. The van der Waals surface area contributed by atoms with Gasteiger partial charge >= 0.3 is 5.97 Å². The van der Waals surface area contributed by atoms with Gasteiger partial charge in [-0.15, -0.1) is 11.8 Å². The number of rotatable bonds is 5. The summed E-state index contributed by atoms with van der Waals surface area (Å²) in [6.07, 6.45) is 2.28. The lowest BCUT2D eigenvalue weighted by molar-refractivity contribution is -0.134. The second kappa shape index (κ2) is 7.35. The second-order valence-electron chi connectivity index (χ2n) is 5.34. The van der Waals surface area contributed by atoms with Crippen LogP contribution in [0, 0.1) is 0 Å². The fourth-order valence-electron chi connectivity index (χ4n) is 2.40. The molecule has 1 aromatic rings. The molecular formula is C15H19NO5S2. The van der Waals surface area contributed by atoms with E-state index in [2.05, 4.69) is 0 Å². The van der Waals surface area contributed by atoms with Crippen molar-refractivity contribution in [3.8, 4) is 0 Å². The van der Waals surface area contributed by atoms with Crippen LogP contribution >= 0.6 is 11.8 Å². The van der Waals surface area contributed by atoms with Gasteiger partial charge in [0.25, 0.3) is 5.91 Å². The van der Waals surface area contributed by atoms with Gasteiger partial charge in [-0.25, -0.2) is 13.2 Å². The van der Waals surface area contributed by atoms with E-state index >= 15 is 0 Å². The minimum Gasteiger partial charge on any atom is -0.452 e. The maximum absolute atomic E-state index is 12.1. The van der Waals surface area contributed by atoms with Gasteiger partial charge in [0.15, 0.2) is 16.4 Å². The Bertz CT molecular complexity index is 702. The van der Waals surface area contributed by atoms with Gasteiger partial charge in [0.2, 0.25) is 0 Å². The van der Waals surface area contributed by atoms with Crippen LogP contribution in [0.25, 0.3) is 0 Å². The molecular weight excluding hydrogens is 338 g/mol. The summed E-state index contributed by atoms with van der Waals surface area (Å²) in [6.45, 7) is -0.394. The molecule has 0 radical (unpaired) electrons. The molecule has 1 aliphatic rings. The smallest absolute Gasteiger partial charge is 0.339 e. The van der Waals surface area contributed by atoms with Crippen LogP contribution < -0.4 is 0 Å². The first-order valence-corrected chi connectivity index (χ1v) is 10.1. The normalized spacial score (nSPS) is 19.3. The fraction of sp³-hybridized carbons (Fsp3) is 0.467. The summed E-state index contributed by atoms with van der Waals surface area (Å²) in [6, 6.07) is 6.66. The third kappa shape index (κ3) is 4.48. The van der Waals surface area contributed by atoms with Gasteiger partial charge < -0.3 is 9.64 Å². The Morgan fingerprint density at radius 3 is 2.65 bits per heavy atom. The molecule has 126 valence electrons. The van der Waals surface area contributed by atoms with Crippen molar-refractivity contribution in [3.63, 3.8) is 0 Å². The molecule has 8 heteroatoms. The summed E-state index contributed by atoms with van der Waals surface area (Å²) in [4.78, 5) is 26.3. The Morgan fingerprint density at radius 1 is 1.35 bits per heavy atom. The van der Waals surface area contributed by atoms with Crippen LogP contribution in [0.4, 0.5) is 0 Å². The van der Waals surface area contributed by atoms with E-state index in [1.807, 2.05) is 12.3 Å². The highest BCUT2D eigenvalue weighted by atomic mass is 32.2. The van der Waals surface area contributed by atoms with Crippen molar-refractivity contribution in [1.29, 1.82) is 0 Å². The predicted molar refractivity (Wildman–Crippen MR) is 88.3 cm³/mol. The van der Waals surface area contributed by atoms with Crippen LogP contribution in [-0.2, 0) is 19.4 Å². The molecule has 0 unspecified atom stereocenters. The van der Waals surface area contributed by atoms with Crippen molar-refractivity contribution in [2.24, 2.45) is 0 Å². The molecule has 2 rings (SSSR count). The maximum Gasteiger partial charge on any atom is 0.339 e. The number of carbonyl (C=O) groups is 2. The number of sulfone groups is 1. The standard InChI is InChI=1S/C15H19NO5S2/c1-16(11-7-8-23(19,20)10-11)14(17)9-21-15(18)12-5-3-4-6-13(12)22-2/h3-6,11H,7-10H2,1-2H3/t11-/m1/s1. The SMILES string of the molecule is CSc1ccccc1C(=O)OCC(=O)N(C)[C@@H]1CCS(=O)(=O)C1. The van der Waals surface area contributed by atoms with Gasteiger partial charge in [-0.2, -0.15) is 0 Å². The molecule has 1 atom stereocenters. The first kappa shape index (κ1) is 17.8. The van der Waals surface area contributed by atoms with Crippen LogP contribution in [0.1, 0.15) is 16.8 Å². The van der Waals surface area contributed by atoms with Crippen LogP contribution in [0.3, 0.4) is 0 Å². The monoisotopic (exact) mass is 357 g/mol. The summed E-state index contributed by atoms with van der Waals surface area (Å²) < 4.78 is 28.0. The Kier molecular flexibility index (Phi) is 5.69. The summed E-state index contributed by atoms with van der Waals surface area (Å²) in [7, 11) is -1.52. The van der Waals surface area contributed by atoms with E-state index in [0.29, 0.717) is 12.0 Å². The van der Waals surface area contributed by atoms with Crippen molar-refractivity contribution in [2.75, 3.05) is 31.4 Å². The van der Waals surface area contributed by atoms with Crippen molar-refractivity contribution in [2.45, 2.75) is 17.4 Å². The highest BCUT2D eigenvalue weighted by Gasteiger charge is 2.33. The quantitative estimate of drug-likeness (QED) is 0.582. The average Bonchev–Trinajstić information content (AvgIpc) is 2.91. The summed E-state index contributed by atoms with van der Waals surface area (Å²) in [5, 5.41) is 0. The number of esters is 1. The van der Waals surface area contributed by atoms with E-state index in [0.717, 1.165) is 4.90 Å². The van der Waals surface area contributed by atoms with Gasteiger partial charge in [-0.05, 0) is 24.8 Å². The van der Waals surface area contributed by atoms with Gasteiger partial charge in [0, 0.05) is 18.0 Å². The summed E-state index contributed by atoms with van der Waals surface area (Å²) in [5.74, 6) is -0.896. The van der Waals surface area contributed by atoms with E-state index in [-0.39, 0.29) is 17.5 Å². The van der Waals surface area contributed by atoms with Gasteiger partial charge in [-0.3, -0.25) is 4.79 Å². The Hall–Kier alpha value is -1.54. The molecule has 0 aliphatic carbocycles. The topological polar surface area (TPSA) is 80.8 Å². The van der Waals surface area contributed by atoms with Gasteiger partial charge in [-0.1, -0.05) is 12.1 Å². The van der Waals surface area contributed by atoms with Crippen LogP contribution in [0.2, 0.25) is 0 Å². The molecule has 0 aromatic heterocycles. The maximum atomic E-state index is 12.1. The lowest BCUT2D eigenvalue weighted by atomic mass is 10.2. The number of hydrogen-bond acceptors (Lipinski definition) is 6. The van der Waals surface area contributed by atoms with Crippen molar-refractivity contribution in [3.05, 3.63) is 29.8 Å². The highest BCUT2D eigenvalue weighted by Crippen LogP contribution is 2.21. The largest absolute Gasteiger partial charge is 0.452 e. The molecule has 1 saturated heterocycles. The number of likely N-dealkylation sites (N-methyl/N-ethyl adjacent to an activating group) is 1. The Morgan fingerprint density at radius 2 is 2.04 bits per heavy atom. The number of benzene rings is 1. The number of carbonyl (C=O) groups excluding carboxylic acids is 2. The first-order chi connectivity index (χ1) is 10.8. The molecule has 1 fully saturated rings. The molecule has 1 amide bonds. The zero-order valence-electron chi connectivity index (χ0n) is 13.0. The van der Waals surface area contributed by atoms with Gasteiger partial charge in [0.1, 0.15) is 0 Å². The third-order valence-corrected chi connectivity index (χ3v) is 6.35.